The fourth-order valence-corrected chi connectivity index (χ4v) is 2.97. The van der Waals surface area contributed by atoms with Crippen LogP contribution in [0.25, 0.3) is 0 Å². The summed E-state index contributed by atoms with van der Waals surface area (Å²) in [6.07, 6.45) is 0. The zero-order valence-corrected chi connectivity index (χ0v) is 13.4. The Kier molecular flexibility index (Phi) is 3.66. The van der Waals surface area contributed by atoms with Gasteiger partial charge in [-0.3, -0.25) is 4.98 Å². The van der Waals surface area contributed by atoms with Gasteiger partial charge in [-0.2, -0.15) is 5.10 Å². The Balaban J connectivity index is 1.77. The smallest absolute Gasteiger partial charge is 0.274 e. The molecule has 4 rings (SSSR count). The molecule has 1 atom stereocenters. The van der Waals surface area contributed by atoms with Gasteiger partial charge in [0.05, 0.1) is 12.3 Å². The van der Waals surface area contributed by atoms with E-state index < -0.39 is 0 Å². The van der Waals surface area contributed by atoms with Crippen LogP contribution in [0.5, 0.6) is 0 Å². The summed E-state index contributed by atoms with van der Waals surface area (Å²) < 4.78 is 0. The van der Waals surface area contributed by atoms with Crippen LogP contribution in [0.3, 0.4) is 0 Å². The second kappa shape index (κ2) is 5.98. The van der Waals surface area contributed by atoms with Crippen LogP contribution < -0.4 is 10.7 Å². The Hall–Kier alpha value is -2.86. The van der Waals surface area contributed by atoms with E-state index in [0.29, 0.717) is 17.5 Å². The van der Waals surface area contributed by atoms with Crippen molar-refractivity contribution in [2.45, 2.75) is 5.92 Å². The molecule has 0 saturated heterocycles. The summed E-state index contributed by atoms with van der Waals surface area (Å²) in [5.74, 6) is 0.484. The minimum atomic E-state index is -0.351. The molecule has 0 aliphatic carbocycles. The highest BCUT2D eigenvalue weighted by Gasteiger charge is 2.31. The number of aromatic amines is 2. The van der Waals surface area contributed by atoms with Crippen molar-refractivity contribution < 1.29 is 0 Å². The van der Waals surface area contributed by atoms with Crippen LogP contribution in [0.4, 0.5) is 5.95 Å². The van der Waals surface area contributed by atoms with E-state index in [-0.39, 0.29) is 11.6 Å². The lowest BCUT2D eigenvalue weighted by Crippen LogP contribution is -2.19. The van der Waals surface area contributed by atoms with Crippen LogP contribution in [0, 0.1) is 0 Å². The average molecular weight is 340 g/mol. The van der Waals surface area contributed by atoms with Crippen molar-refractivity contribution in [3.63, 3.8) is 0 Å². The SMILES string of the molecule is O=c1[nH]nc(N2C[C@@H](c3ccccc3)C(c3ccc(Cl)cc3)=N2)[nH]1. The maximum atomic E-state index is 11.3. The molecule has 6 nitrogen and oxygen atoms in total. The molecule has 1 aromatic heterocycles. The van der Waals surface area contributed by atoms with Gasteiger partial charge in [-0.15, -0.1) is 5.10 Å². The molecule has 24 heavy (non-hydrogen) atoms. The van der Waals surface area contributed by atoms with Gasteiger partial charge in [0.1, 0.15) is 0 Å². The summed E-state index contributed by atoms with van der Waals surface area (Å²) in [5, 5.41) is 13.4. The molecular weight excluding hydrogens is 326 g/mol. The summed E-state index contributed by atoms with van der Waals surface area (Å²) in [5.41, 5.74) is 2.72. The number of hydrogen-bond acceptors (Lipinski definition) is 4. The average Bonchev–Trinajstić information content (AvgIpc) is 3.23. The lowest BCUT2D eigenvalue weighted by Gasteiger charge is -2.14. The number of hydrogen-bond donors (Lipinski definition) is 2. The third-order valence-electron chi connectivity index (χ3n) is 3.99. The zero-order valence-electron chi connectivity index (χ0n) is 12.6. The lowest BCUT2D eigenvalue weighted by atomic mass is 9.91. The fraction of sp³-hybridized carbons (Fsp3) is 0.118. The Bertz CT molecular complexity index is 929. The molecular formula is C17H14ClN5O. The minimum absolute atomic E-state index is 0.0765. The molecule has 2 heterocycles. The van der Waals surface area contributed by atoms with E-state index in [2.05, 4.69) is 32.4 Å². The summed E-state index contributed by atoms with van der Waals surface area (Å²) >= 11 is 5.99. The van der Waals surface area contributed by atoms with Gasteiger partial charge in [-0.25, -0.2) is 14.9 Å². The zero-order chi connectivity index (χ0) is 16.5. The number of nitrogens with one attached hydrogen (secondary N) is 2. The van der Waals surface area contributed by atoms with Gasteiger partial charge in [-0.05, 0) is 23.3 Å². The molecule has 2 N–H and O–H groups in total. The van der Waals surface area contributed by atoms with Crippen molar-refractivity contribution in [3.05, 3.63) is 81.2 Å². The molecule has 0 saturated carbocycles. The standard InChI is InChI=1S/C17H14ClN5O/c18-13-8-6-12(7-9-13)15-14(11-4-2-1-3-5-11)10-23(22-15)16-19-17(24)21-20-16/h1-9,14H,10H2,(H2,19,20,21,24)/t14-/m0/s1. The highest BCUT2D eigenvalue weighted by Crippen LogP contribution is 2.30. The van der Waals surface area contributed by atoms with Gasteiger partial charge in [0.15, 0.2) is 0 Å². The number of aromatic nitrogens is 3. The predicted molar refractivity (Wildman–Crippen MR) is 93.7 cm³/mol. The molecule has 2 aromatic carbocycles. The number of benzene rings is 2. The molecule has 1 aliphatic rings. The number of anilines is 1. The summed E-state index contributed by atoms with van der Waals surface area (Å²) in [6.45, 7) is 0.600. The summed E-state index contributed by atoms with van der Waals surface area (Å²) in [4.78, 5) is 14.0. The van der Waals surface area contributed by atoms with Gasteiger partial charge < -0.3 is 0 Å². The number of H-pyrrole nitrogens is 2. The normalized spacial score (nSPS) is 17.1. The van der Waals surface area contributed by atoms with Gasteiger partial charge in [0.2, 0.25) is 5.95 Å². The van der Waals surface area contributed by atoms with Crippen molar-refractivity contribution in [2.75, 3.05) is 11.6 Å². The van der Waals surface area contributed by atoms with Gasteiger partial charge in [-0.1, -0.05) is 54.1 Å². The van der Waals surface area contributed by atoms with Crippen LogP contribution >= 0.6 is 11.6 Å². The largest absolute Gasteiger partial charge is 0.342 e. The van der Waals surface area contributed by atoms with Crippen LogP contribution in [-0.2, 0) is 0 Å². The molecule has 0 amide bonds. The number of halogens is 1. The first kappa shape index (κ1) is 14.7. The highest BCUT2D eigenvalue weighted by atomic mass is 35.5. The predicted octanol–water partition coefficient (Wildman–Crippen LogP) is 2.76. The van der Waals surface area contributed by atoms with E-state index >= 15 is 0 Å². The van der Waals surface area contributed by atoms with Crippen molar-refractivity contribution in [2.24, 2.45) is 5.10 Å². The maximum Gasteiger partial charge on any atom is 0.342 e. The van der Waals surface area contributed by atoms with Gasteiger partial charge in [0.25, 0.3) is 0 Å². The molecule has 120 valence electrons. The van der Waals surface area contributed by atoms with E-state index in [0.717, 1.165) is 16.8 Å². The van der Waals surface area contributed by atoms with E-state index in [1.165, 1.54) is 0 Å². The maximum absolute atomic E-state index is 11.3. The quantitative estimate of drug-likeness (QED) is 0.770. The molecule has 0 bridgehead atoms. The molecule has 0 fully saturated rings. The molecule has 3 aromatic rings. The van der Waals surface area contributed by atoms with Crippen molar-refractivity contribution in [1.82, 2.24) is 15.2 Å². The van der Waals surface area contributed by atoms with E-state index in [9.17, 15) is 4.79 Å². The van der Waals surface area contributed by atoms with Crippen LogP contribution in [0.15, 0.2) is 64.5 Å². The van der Waals surface area contributed by atoms with Crippen molar-refractivity contribution in [1.29, 1.82) is 0 Å². The highest BCUT2D eigenvalue weighted by molar-refractivity contribution is 6.30. The molecule has 0 radical (unpaired) electrons. The second-order valence-corrected chi connectivity index (χ2v) is 5.98. The Morgan fingerprint density at radius 3 is 2.50 bits per heavy atom. The van der Waals surface area contributed by atoms with Crippen molar-refractivity contribution in [3.8, 4) is 0 Å². The first-order chi connectivity index (χ1) is 11.7. The number of rotatable bonds is 3. The Morgan fingerprint density at radius 1 is 1.08 bits per heavy atom. The monoisotopic (exact) mass is 339 g/mol. The fourth-order valence-electron chi connectivity index (χ4n) is 2.85. The summed E-state index contributed by atoms with van der Waals surface area (Å²) in [7, 11) is 0. The Morgan fingerprint density at radius 2 is 1.83 bits per heavy atom. The number of hydrazone groups is 1. The molecule has 1 aliphatic heterocycles. The van der Waals surface area contributed by atoms with Crippen LogP contribution in [0.1, 0.15) is 17.0 Å². The van der Waals surface area contributed by atoms with Crippen LogP contribution in [0.2, 0.25) is 5.02 Å². The number of nitrogens with zero attached hydrogens (tertiary/aromatic N) is 3. The van der Waals surface area contributed by atoms with Gasteiger partial charge in [0, 0.05) is 10.9 Å². The molecule has 7 heteroatoms. The van der Waals surface area contributed by atoms with Crippen molar-refractivity contribution >= 4 is 23.3 Å². The summed E-state index contributed by atoms with van der Waals surface area (Å²) in [6, 6.07) is 17.8. The molecule has 0 spiro atoms. The first-order valence-corrected chi connectivity index (χ1v) is 7.90. The van der Waals surface area contributed by atoms with E-state index in [1.807, 2.05) is 42.5 Å². The van der Waals surface area contributed by atoms with Gasteiger partial charge >= 0.3 is 5.69 Å². The van der Waals surface area contributed by atoms with Crippen LogP contribution in [-0.4, -0.2) is 27.4 Å². The third kappa shape index (κ3) is 2.72. The molecule has 0 unspecified atom stereocenters. The third-order valence-corrected chi connectivity index (χ3v) is 4.24. The van der Waals surface area contributed by atoms with E-state index in [1.54, 1.807) is 5.01 Å². The first-order valence-electron chi connectivity index (χ1n) is 7.52. The van der Waals surface area contributed by atoms with E-state index in [4.69, 9.17) is 11.6 Å². The second-order valence-electron chi connectivity index (χ2n) is 5.54. The Labute approximate surface area is 142 Å². The topological polar surface area (TPSA) is 77.1 Å². The lowest BCUT2D eigenvalue weighted by molar-refractivity contribution is 0.818. The minimum Gasteiger partial charge on any atom is -0.274 e.